The highest BCUT2D eigenvalue weighted by Crippen LogP contribution is 2.38. The quantitative estimate of drug-likeness (QED) is 0.279. The molecule has 0 atom stereocenters. The molecule has 2 aromatic rings. The van der Waals surface area contributed by atoms with Crippen LogP contribution in [0, 0.1) is 10.1 Å². The predicted molar refractivity (Wildman–Crippen MR) is 114 cm³/mol. The molecule has 0 saturated carbocycles. The molecule has 1 aliphatic heterocycles. The van der Waals surface area contributed by atoms with Gasteiger partial charge in [0.25, 0.3) is 5.69 Å². The van der Waals surface area contributed by atoms with Gasteiger partial charge >= 0.3 is 0 Å². The molecule has 0 aromatic heterocycles. The van der Waals surface area contributed by atoms with Crippen molar-refractivity contribution in [3.8, 4) is 17.2 Å². The van der Waals surface area contributed by atoms with Crippen LogP contribution in [0.25, 0.3) is 6.08 Å². The molecule has 1 saturated heterocycles. The summed E-state index contributed by atoms with van der Waals surface area (Å²) in [5, 5.41) is 11.5. The second-order valence-corrected chi connectivity index (χ2v) is 6.81. The highest BCUT2D eigenvalue weighted by atomic mass is 16.6. The normalized spacial score (nSPS) is 13.5. The zero-order valence-corrected chi connectivity index (χ0v) is 17.2. The molecular weight excluding hydrogens is 388 g/mol. The molecule has 1 fully saturated rings. The van der Waals surface area contributed by atoms with Gasteiger partial charge in [0.1, 0.15) is 5.69 Å². The average Bonchev–Trinajstić information content (AvgIpc) is 3.30. The smallest absolute Gasteiger partial charge is 0.293 e. The van der Waals surface area contributed by atoms with Gasteiger partial charge in [-0.2, -0.15) is 0 Å². The Morgan fingerprint density at radius 1 is 1.03 bits per heavy atom. The fraction of sp³-hybridized carbons (Fsp3) is 0.318. The number of carbonyl (C=O) groups excluding carboxylic acids is 1. The first-order valence-electron chi connectivity index (χ1n) is 9.54. The average molecular weight is 412 g/mol. The van der Waals surface area contributed by atoms with E-state index in [1.165, 1.54) is 33.5 Å². The van der Waals surface area contributed by atoms with E-state index in [1.54, 1.807) is 30.3 Å². The van der Waals surface area contributed by atoms with E-state index in [9.17, 15) is 14.9 Å². The van der Waals surface area contributed by atoms with Crippen LogP contribution in [0.3, 0.4) is 0 Å². The zero-order valence-electron chi connectivity index (χ0n) is 17.2. The van der Waals surface area contributed by atoms with Crippen LogP contribution in [0.4, 0.5) is 11.4 Å². The van der Waals surface area contributed by atoms with E-state index in [2.05, 4.69) is 0 Å². The molecule has 0 amide bonds. The van der Waals surface area contributed by atoms with Crippen molar-refractivity contribution in [1.82, 2.24) is 0 Å². The highest BCUT2D eigenvalue weighted by Gasteiger charge is 2.22. The van der Waals surface area contributed by atoms with Gasteiger partial charge in [-0.3, -0.25) is 14.9 Å². The van der Waals surface area contributed by atoms with E-state index < -0.39 is 0 Å². The Balaban J connectivity index is 1.87. The first-order chi connectivity index (χ1) is 14.5. The maximum atomic E-state index is 12.7. The van der Waals surface area contributed by atoms with E-state index in [0.717, 1.165) is 25.9 Å². The van der Waals surface area contributed by atoms with Gasteiger partial charge in [0, 0.05) is 24.7 Å². The number of benzene rings is 2. The number of anilines is 1. The third kappa shape index (κ3) is 4.37. The lowest BCUT2D eigenvalue weighted by Crippen LogP contribution is -2.18. The van der Waals surface area contributed by atoms with Gasteiger partial charge in [0.2, 0.25) is 5.75 Å². The Hall–Kier alpha value is -3.55. The van der Waals surface area contributed by atoms with Crippen molar-refractivity contribution < 1.29 is 23.9 Å². The van der Waals surface area contributed by atoms with Crippen LogP contribution in [0.1, 0.15) is 28.8 Å². The summed E-state index contributed by atoms with van der Waals surface area (Å²) in [5.41, 5.74) is 1.58. The van der Waals surface area contributed by atoms with Gasteiger partial charge in [0.15, 0.2) is 17.3 Å². The Morgan fingerprint density at radius 2 is 1.67 bits per heavy atom. The molecule has 0 bridgehead atoms. The number of rotatable bonds is 8. The summed E-state index contributed by atoms with van der Waals surface area (Å²) in [6.45, 7) is 1.63. The fourth-order valence-electron chi connectivity index (χ4n) is 3.51. The van der Waals surface area contributed by atoms with Crippen LogP contribution < -0.4 is 19.1 Å². The van der Waals surface area contributed by atoms with Gasteiger partial charge in [-0.05, 0) is 42.7 Å². The molecule has 0 spiro atoms. The third-order valence-electron chi connectivity index (χ3n) is 5.02. The minimum Gasteiger partial charge on any atom is -0.493 e. The van der Waals surface area contributed by atoms with Crippen LogP contribution in [0.5, 0.6) is 17.2 Å². The van der Waals surface area contributed by atoms with Crippen LogP contribution in [-0.4, -0.2) is 45.1 Å². The van der Waals surface area contributed by atoms with Crippen molar-refractivity contribution in [1.29, 1.82) is 0 Å². The SMILES string of the molecule is COc1cc(C(=O)C=Cc2ccc(N3CCCC3)c([N+](=O)[O-])c2)cc(OC)c1OC. The summed E-state index contributed by atoms with van der Waals surface area (Å²) in [7, 11) is 4.44. The molecule has 30 heavy (non-hydrogen) atoms. The molecular formula is C22H24N2O6. The van der Waals surface area contributed by atoms with E-state index in [1.807, 2.05) is 4.90 Å². The van der Waals surface area contributed by atoms with Crippen molar-refractivity contribution in [3.05, 3.63) is 57.6 Å². The lowest BCUT2D eigenvalue weighted by Gasteiger charge is -2.17. The van der Waals surface area contributed by atoms with Crippen LogP contribution >= 0.6 is 0 Å². The van der Waals surface area contributed by atoms with Crippen molar-refractivity contribution >= 4 is 23.2 Å². The van der Waals surface area contributed by atoms with E-state index in [-0.39, 0.29) is 16.4 Å². The van der Waals surface area contributed by atoms with Gasteiger partial charge in [-0.15, -0.1) is 0 Å². The number of hydrogen-bond donors (Lipinski definition) is 0. The molecule has 8 nitrogen and oxygen atoms in total. The Kier molecular flexibility index (Phi) is 6.56. The van der Waals surface area contributed by atoms with Gasteiger partial charge in [-0.1, -0.05) is 12.1 Å². The zero-order chi connectivity index (χ0) is 21.7. The molecule has 1 heterocycles. The minimum atomic E-state index is -0.383. The number of methoxy groups -OCH3 is 3. The summed E-state index contributed by atoms with van der Waals surface area (Å²) in [5.74, 6) is 0.854. The lowest BCUT2D eigenvalue weighted by atomic mass is 10.1. The number of nitro benzene ring substituents is 1. The number of carbonyl (C=O) groups is 1. The Morgan fingerprint density at radius 3 is 2.20 bits per heavy atom. The third-order valence-corrected chi connectivity index (χ3v) is 5.02. The molecule has 1 aliphatic rings. The van der Waals surface area contributed by atoms with Gasteiger partial charge < -0.3 is 19.1 Å². The number of hydrogen-bond acceptors (Lipinski definition) is 7. The van der Waals surface area contributed by atoms with Gasteiger partial charge in [-0.25, -0.2) is 0 Å². The molecule has 8 heteroatoms. The second kappa shape index (κ2) is 9.30. The topological polar surface area (TPSA) is 91.1 Å². The van der Waals surface area contributed by atoms with Crippen LogP contribution in [-0.2, 0) is 0 Å². The number of ketones is 1. The summed E-state index contributed by atoms with van der Waals surface area (Å²) in [6.07, 6.45) is 4.99. The summed E-state index contributed by atoms with van der Waals surface area (Å²) in [4.78, 5) is 25.8. The molecule has 0 unspecified atom stereocenters. The maximum Gasteiger partial charge on any atom is 0.293 e. The number of nitrogens with zero attached hydrogens (tertiary/aromatic N) is 2. The predicted octanol–water partition coefficient (Wildman–Crippen LogP) is 4.12. The first kappa shape index (κ1) is 21.2. The van der Waals surface area contributed by atoms with Crippen LogP contribution in [0.2, 0.25) is 0 Å². The van der Waals surface area contributed by atoms with E-state index in [0.29, 0.717) is 34.1 Å². The highest BCUT2D eigenvalue weighted by molar-refractivity contribution is 6.07. The maximum absolute atomic E-state index is 12.7. The molecule has 0 N–H and O–H groups in total. The Labute approximate surface area is 174 Å². The Bertz CT molecular complexity index is 955. The van der Waals surface area contributed by atoms with E-state index in [4.69, 9.17) is 14.2 Å². The summed E-state index contributed by atoms with van der Waals surface area (Å²) in [6, 6.07) is 8.14. The van der Waals surface area contributed by atoms with Crippen molar-refractivity contribution in [2.75, 3.05) is 39.3 Å². The fourth-order valence-corrected chi connectivity index (χ4v) is 3.51. The van der Waals surface area contributed by atoms with E-state index >= 15 is 0 Å². The minimum absolute atomic E-state index is 0.0410. The van der Waals surface area contributed by atoms with Crippen LogP contribution in [0.15, 0.2) is 36.4 Å². The number of allylic oxidation sites excluding steroid dienone is 1. The summed E-state index contributed by atoms with van der Waals surface area (Å²) < 4.78 is 15.8. The summed E-state index contributed by atoms with van der Waals surface area (Å²) >= 11 is 0. The largest absolute Gasteiger partial charge is 0.493 e. The molecule has 158 valence electrons. The number of ether oxygens (including phenoxy) is 3. The van der Waals surface area contributed by atoms with Crippen molar-refractivity contribution in [2.24, 2.45) is 0 Å². The first-order valence-corrected chi connectivity index (χ1v) is 9.54. The lowest BCUT2D eigenvalue weighted by molar-refractivity contribution is -0.384. The molecule has 0 radical (unpaired) electrons. The second-order valence-electron chi connectivity index (χ2n) is 6.81. The monoisotopic (exact) mass is 412 g/mol. The van der Waals surface area contributed by atoms with Gasteiger partial charge in [0.05, 0.1) is 26.3 Å². The molecule has 0 aliphatic carbocycles. The van der Waals surface area contributed by atoms with Crippen molar-refractivity contribution in [2.45, 2.75) is 12.8 Å². The number of nitro groups is 1. The standard InChI is InChI=1S/C22H24N2O6/c1-28-20-13-16(14-21(29-2)22(20)30-3)19(25)9-7-15-6-8-17(18(12-15)24(26)27)23-10-4-5-11-23/h6-9,12-14H,4-5,10-11H2,1-3H3. The molecule has 2 aromatic carbocycles. The van der Waals surface area contributed by atoms with Crippen molar-refractivity contribution in [3.63, 3.8) is 0 Å². The molecule has 3 rings (SSSR count).